The Kier molecular flexibility index (Phi) is 24.5. The average molecular weight is 1410 g/mol. The zero-order valence-corrected chi connectivity index (χ0v) is 62.0. The van der Waals surface area contributed by atoms with Gasteiger partial charge in [0.25, 0.3) is 0 Å². The zero-order valence-electron chi connectivity index (χ0n) is 57.0. The van der Waals surface area contributed by atoms with E-state index in [9.17, 15) is 0 Å². The summed E-state index contributed by atoms with van der Waals surface area (Å²) in [5.41, 5.74) is 28.2. The van der Waals surface area contributed by atoms with Gasteiger partial charge in [-0.2, -0.15) is 0 Å². The molecule has 2 aliphatic rings. The van der Waals surface area contributed by atoms with E-state index in [0.717, 1.165) is 71.3 Å². The fraction of sp³-hybridized carbons (Fsp3) is 0.286. The molecule has 0 bridgehead atoms. The number of aliphatic imine (C=N–C) groups is 4. The van der Waals surface area contributed by atoms with E-state index in [1.165, 1.54) is 111 Å². The molecule has 0 N–H and O–H groups in total. The Labute approximate surface area is 589 Å². The minimum absolute atomic E-state index is 0.128. The maximum absolute atomic E-state index is 5.71. The van der Waals surface area contributed by atoms with Gasteiger partial charge in [-0.15, -0.1) is 0 Å². The number of hydrogen-bond donors (Lipinski definition) is 0. The standard InChI is InChI=1S/C50H52N2.C34H36N2.4ClH.2Ni/c1-9-33-29-40(49(5,6)38-23-15-13-16-24-38)30-34(10-2)45(33)51-47-42-27-19-21-37-22-20-28-43(44(37)42)48(47)52-46-35(11-3)31-41(32-36(46)12-4)50(7,8)39-25-17-14-18-26-39;1-20(2)25-15-8-12-23(7)31(25)35-33-28-18-9-13-24-14-10-19-29(30(24)28)34(33)36-32-26(21(3)4)16-11-17-27(32)22(5)6;;;;;;/h13-32H,9-12H2,1-8H3;8-22H,1-7H3;4*1H;;/q;;;;;;2*+2/p-4. The van der Waals surface area contributed by atoms with Crippen LogP contribution in [-0.2, 0) is 61.8 Å². The van der Waals surface area contributed by atoms with Crippen molar-refractivity contribution in [1.29, 1.82) is 0 Å². The third-order valence-corrected chi connectivity index (χ3v) is 18.9. The van der Waals surface area contributed by atoms with Gasteiger partial charge in [-0.1, -0.05) is 291 Å². The molecule has 0 saturated heterocycles. The van der Waals surface area contributed by atoms with E-state index in [2.05, 4.69) is 298 Å². The van der Waals surface area contributed by atoms with Crippen LogP contribution >= 0.6 is 40.8 Å². The predicted molar refractivity (Wildman–Crippen MR) is 404 cm³/mol. The van der Waals surface area contributed by atoms with E-state index in [4.69, 9.17) is 60.7 Å². The molecule has 0 saturated carbocycles. The Balaban J connectivity index is 0.000000216. The first kappa shape index (κ1) is 71.8. The topological polar surface area (TPSA) is 49.4 Å². The first-order valence-electron chi connectivity index (χ1n) is 32.9. The van der Waals surface area contributed by atoms with Gasteiger partial charge >= 0.3 is 66.1 Å². The third kappa shape index (κ3) is 15.1. The first-order chi connectivity index (χ1) is 45.2. The Bertz CT molecular complexity index is 4220. The number of hydrogen-bond acceptors (Lipinski definition) is 4. The summed E-state index contributed by atoms with van der Waals surface area (Å²) in [7, 11) is 18.8. The van der Waals surface area contributed by atoms with Crippen LogP contribution in [0.3, 0.4) is 0 Å². The summed E-state index contributed by atoms with van der Waals surface area (Å²) in [6, 6.07) is 70.9. The number of para-hydroxylation sites is 2. The van der Waals surface area contributed by atoms with Gasteiger partial charge in [0.1, 0.15) is 0 Å². The summed E-state index contributed by atoms with van der Waals surface area (Å²) in [5, 5.41) is 4.97. The molecular formula is C84H88Cl4N4Ni2. The average Bonchev–Trinajstić information content (AvgIpc) is 1.58. The number of nitrogens with zero attached hydrogens (tertiary/aromatic N) is 4. The van der Waals surface area contributed by atoms with Gasteiger partial charge in [-0.3, -0.25) is 0 Å². The SMILES string of the molecule is CCc1cc(C(C)(C)c2ccccc2)cc(CC)c1N=C1C(=Nc2c(CC)cc(C(C)(C)c3ccccc3)cc2CC)c2cccc3cccc1c23.Cc1cccc(C(C)C)c1N=C1C(=Nc2c(C(C)C)cccc2C(C)C)c2cccc3cccc1c23.[Cl][Ni][Cl].[Cl][Ni][Cl]. The molecule has 0 unspecified atom stereocenters. The molecule has 0 aliphatic heterocycles. The number of halogens is 4. The molecule has 0 heterocycles. The Morgan fingerprint density at radius 1 is 0.330 bits per heavy atom. The van der Waals surface area contributed by atoms with Crippen LogP contribution in [0.5, 0.6) is 0 Å². The number of aryl methyl sites for hydroxylation is 5. The Hall–Kier alpha value is -6.45. The molecule has 10 heteroatoms. The summed E-state index contributed by atoms with van der Waals surface area (Å²) < 4.78 is 0. The molecule has 0 radical (unpaired) electrons. The summed E-state index contributed by atoms with van der Waals surface area (Å²) >= 11 is 1.14. The second kappa shape index (κ2) is 32.1. The normalized spacial score (nSPS) is 14.4. The Morgan fingerprint density at radius 2 is 0.596 bits per heavy atom. The van der Waals surface area contributed by atoms with Crippen molar-refractivity contribution < 1.29 is 25.3 Å². The molecule has 10 aromatic carbocycles. The van der Waals surface area contributed by atoms with Crippen molar-refractivity contribution in [3.05, 3.63) is 283 Å². The molecule has 0 spiro atoms. The first-order valence-corrected chi connectivity index (χ1v) is 38.4. The van der Waals surface area contributed by atoms with Crippen LogP contribution in [0.4, 0.5) is 22.7 Å². The molecule has 492 valence electrons. The van der Waals surface area contributed by atoms with Crippen LogP contribution in [-0.4, -0.2) is 22.8 Å². The summed E-state index contributed by atoms with van der Waals surface area (Å²) in [6.07, 6.45) is 3.61. The predicted octanol–water partition coefficient (Wildman–Crippen LogP) is 25.5. The summed E-state index contributed by atoms with van der Waals surface area (Å²) in [4.78, 5) is 22.4. The Morgan fingerprint density at radius 3 is 0.894 bits per heavy atom. The molecule has 94 heavy (non-hydrogen) atoms. The van der Waals surface area contributed by atoms with Gasteiger partial charge in [0.15, 0.2) is 0 Å². The van der Waals surface area contributed by atoms with E-state index in [1.807, 2.05) is 0 Å². The van der Waals surface area contributed by atoms with Gasteiger partial charge in [-0.25, -0.2) is 20.0 Å². The monoisotopic (exact) mass is 1410 g/mol. The fourth-order valence-electron chi connectivity index (χ4n) is 13.5. The molecule has 0 aromatic heterocycles. The van der Waals surface area contributed by atoms with Crippen molar-refractivity contribution in [2.24, 2.45) is 20.0 Å². The summed E-state index contributed by atoms with van der Waals surface area (Å²) in [5.74, 6) is 1.15. The van der Waals surface area contributed by atoms with E-state index < -0.39 is 0 Å². The van der Waals surface area contributed by atoms with Crippen molar-refractivity contribution in [3.8, 4) is 0 Å². The zero-order chi connectivity index (χ0) is 67.6. The molecule has 0 amide bonds. The maximum atomic E-state index is 5.71. The molecule has 12 rings (SSSR count). The van der Waals surface area contributed by atoms with Gasteiger partial charge in [0.05, 0.1) is 45.6 Å². The van der Waals surface area contributed by atoms with Crippen molar-refractivity contribution in [1.82, 2.24) is 0 Å². The molecule has 10 aromatic rings. The van der Waals surface area contributed by atoms with Crippen LogP contribution in [0.15, 0.2) is 214 Å². The minimum atomic E-state index is -0.128. The van der Waals surface area contributed by atoms with E-state index in [-0.39, 0.29) is 10.8 Å². The second-order valence-corrected chi connectivity index (χ2v) is 29.6. The third-order valence-electron chi connectivity index (χ3n) is 18.9. The van der Waals surface area contributed by atoms with Gasteiger partial charge in [-0.05, 0) is 128 Å². The molecular weight excluding hydrogens is 1320 g/mol. The van der Waals surface area contributed by atoms with E-state index in [0.29, 0.717) is 43.1 Å². The van der Waals surface area contributed by atoms with E-state index in [1.54, 1.807) is 0 Å². The molecule has 2 aliphatic carbocycles. The molecule has 0 atom stereocenters. The van der Waals surface area contributed by atoms with Crippen molar-refractivity contribution in [2.45, 2.75) is 158 Å². The van der Waals surface area contributed by atoms with Crippen LogP contribution in [0.2, 0.25) is 0 Å². The van der Waals surface area contributed by atoms with Gasteiger partial charge in [0, 0.05) is 43.9 Å². The summed E-state index contributed by atoms with van der Waals surface area (Å²) in [6.45, 7) is 34.1. The van der Waals surface area contributed by atoms with Gasteiger partial charge in [0.2, 0.25) is 0 Å². The molecule has 0 fully saturated rings. The number of benzene rings is 10. The quantitative estimate of drug-likeness (QED) is 0.0919. The van der Waals surface area contributed by atoms with Crippen LogP contribution < -0.4 is 0 Å². The second-order valence-electron chi connectivity index (χ2n) is 26.3. The van der Waals surface area contributed by atoms with Crippen LogP contribution in [0.1, 0.15) is 204 Å². The van der Waals surface area contributed by atoms with Crippen LogP contribution in [0, 0.1) is 6.92 Å². The fourth-order valence-corrected chi connectivity index (χ4v) is 13.5. The van der Waals surface area contributed by atoms with Crippen molar-refractivity contribution in [3.63, 3.8) is 0 Å². The molecule has 4 nitrogen and oxygen atoms in total. The van der Waals surface area contributed by atoms with E-state index >= 15 is 0 Å². The van der Waals surface area contributed by atoms with Crippen molar-refractivity contribution in [2.75, 3.05) is 0 Å². The van der Waals surface area contributed by atoms with Crippen molar-refractivity contribution >= 4 is 108 Å². The number of rotatable bonds is 15. The van der Waals surface area contributed by atoms with Gasteiger partial charge < -0.3 is 0 Å². The van der Waals surface area contributed by atoms with Crippen LogP contribution in [0.25, 0.3) is 21.5 Å².